The Morgan fingerprint density at radius 1 is 1.05 bits per heavy atom. The van der Waals surface area contributed by atoms with Crippen LogP contribution in [0.2, 0.25) is 0 Å². The monoisotopic (exact) mass is 505 g/mol. The summed E-state index contributed by atoms with van der Waals surface area (Å²) >= 11 is 0. The summed E-state index contributed by atoms with van der Waals surface area (Å²) in [6, 6.07) is 17.4. The third-order valence-electron chi connectivity index (χ3n) is 5.81. The molecule has 3 aromatic rings. The number of benzene rings is 2. The normalized spacial score (nSPS) is 12.8. The van der Waals surface area contributed by atoms with Gasteiger partial charge in [0.05, 0.1) is 18.4 Å². The van der Waals surface area contributed by atoms with Crippen LogP contribution in [0.3, 0.4) is 0 Å². The number of carbonyl (C=O) groups excluding carboxylic acids is 1. The smallest absolute Gasteiger partial charge is 0.360 e. The van der Waals surface area contributed by atoms with Crippen molar-refractivity contribution < 1.29 is 23.7 Å². The van der Waals surface area contributed by atoms with Gasteiger partial charge in [-0.3, -0.25) is 0 Å². The molecule has 1 aliphatic heterocycles. The lowest BCUT2D eigenvalue weighted by atomic mass is 10.00. The van der Waals surface area contributed by atoms with Gasteiger partial charge in [-0.1, -0.05) is 18.2 Å². The molecule has 0 aliphatic carbocycles. The molecule has 2 heterocycles. The highest BCUT2D eigenvalue weighted by Crippen LogP contribution is 2.30. The Morgan fingerprint density at radius 3 is 2.70 bits per heavy atom. The molecule has 2 aromatic carbocycles. The molecule has 8 heteroatoms. The molecule has 1 aromatic heterocycles. The summed E-state index contributed by atoms with van der Waals surface area (Å²) < 4.78 is 22.4. The SMILES string of the molecule is COC(=O)c1nc(-c2ccc3c(c2)NCCC3)ccc1OCCOc1cccc(NCOC(C)(C)C)c1. The number of fused-ring (bicyclic) bond motifs is 1. The number of aromatic nitrogens is 1. The van der Waals surface area contributed by atoms with Crippen molar-refractivity contribution >= 4 is 17.3 Å². The predicted octanol–water partition coefficient (Wildman–Crippen LogP) is 5.54. The Labute approximate surface area is 218 Å². The van der Waals surface area contributed by atoms with E-state index in [1.54, 1.807) is 6.07 Å². The molecule has 37 heavy (non-hydrogen) atoms. The van der Waals surface area contributed by atoms with Gasteiger partial charge < -0.3 is 29.6 Å². The topological polar surface area (TPSA) is 90.9 Å². The van der Waals surface area contributed by atoms with Crippen molar-refractivity contribution in [3.05, 3.63) is 65.9 Å². The number of nitrogens with one attached hydrogen (secondary N) is 2. The number of esters is 1. The summed E-state index contributed by atoms with van der Waals surface area (Å²) in [5.74, 6) is 0.502. The first kappa shape index (κ1) is 26.3. The average Bonchev–Trinajstić information content (AvgIpc) is 2.90. The molecule has 0 unspecified atom stereocenters. The zero-order chi connectivity index (χ0) is 26.3. The molecule has 1 aliphatic rings. The second kappa shape index (κ2) is 12.0. The van der Waals surface area contributed by atoms with Gasteiger partial charge >= 0.3 is 5.97 Å². The first-order valence-electron chi connectivity index (χ1n) is 12.5. The molecule has 0 radical (unpaired) electrons. The highest BCUT2D eigenvalue weighted by Gasteiger charge is 2.18. The quantitative estimate of drug-likeness (QED) is 0.211. The van der Waals surface area contributed by atoms with E-state index in [1.807, 2.05) is 57.2 Å². The molecule has 0 amide bonds. The first-order valence-corrected chi connectivity index (χ1v) is 12.5. The minimum absolute atomic E-state index is 0.135. The third-order valence-corrected chi connectivity index (χ3v) is 5.81. The van der Waals surface area contributed by atoms with Crippen LogP contribution in [0.4, 0.5) is 11.4 Å². The van der Waals surface area contributed by atoms with Gasteiger partial charge in [0.15, 0.2) is 11.4 Å². The largest absolute Gasteiger partial charge is 0.490 e. The lowest BCUT2D eigenvalue weighted by molar-refractivity contribution is 0.00845. The minimum Gasteiger partial charge on any atom is -0.490 e. The van der Waals surface area contributed by atoms with Crippen LogP contribution < -0.4 is 20.1 Å². The number of anilines is 2. The van der Waals surface area contributed by atoms with Crippen molar-refractivity contribution in [3.8, 4) is 22.8 Å². The molecule has 0 atom stereocenters. The van der Waals surface area contributed by atoms with E-state index in [0.717, 1.165) is 36.3 Å². The van der Waals surface area contributed by atoms with Crippen molar-refractivity contribution in [2.45, 2.75) is 39.2 Å². The van der Waals surface area contributed by atoms with Crippen molar-refractivity contribution in [2.24, 2.45) is 0 Å². The van der Waals surface area contributed by atoms with E-state index < -0.39 is 5.97 Å². The number of rotatable bonds is 10. The fraction of sp³-hybridized carbons (Fsp3) is 0.379. The molecule has 0 bridgehead atoms. The van der Waals surface area contributed by atoms with Crippen LogP contribution >= 0.6 is 0 Å². The van der Waals surface area contributed by atoms with E-state index >= 15 is 0 Å². The van der Waals surface area contributed by atoms with E-state index in [0.29, 0.717) is 30.5 Å². The number of pyridine rings is 1. The number of ether oxygens (including phenoxy) is 4. The Hall–Kier alpha value is -3.78. The lowest BCUT2D eigenvalue weighted by Crippen LogP contribution is -2.23. The summed E-state index contributed by atoms with van der Waals surface area (Å²) in [5.41, 5.74) is 4.83. The average molecular weight is 506 g/mol. The Kier molecular flexibility index (Phi) is 8.50. The first-order chi connectivity index (χ1) is 17.8. The van der Waals surface area contributed by atoms with E-state index in [2.05, 4.69) is 27.8 Å². The zero-order valence-electron chi connectivity index (χ0n) is 21.9. The van der Waals surface area contributed by atoms with Gasteiger partial charge in [-0.2, -0.15) is 0 Å². The van der Waals surface area contributed by atoms with Gasteiger partial charge in [-0.05, 0) is 69.5 Å². The number of methoxy groups -OCH3 is 1. The second-order valence-electron chi connectivity index (χ2n) is 9.74. The van der Waals surface area contributed by atoms with Crippen molar-refractivity contribution in [3.63, 3.8) is 0 Å². The molecule has 0 saturated heterocycles. The van der Waals surface area contributed by atoms with Gasteiger partial charge in [-0.25, -0.2) is 9.78 Å². The summed E-state index contributed by atoms with van der Waals surface area (Å²) in [6.07, 6.45) is 2.19. The minimum atomic E-state index is -0.551. The van der Waals surface area contributed by atoms with Crippen LogP contribution in [0.25, 0.3) is 11.3 Å². The summed E-state index contributed by atoms with van der Waals surface area (Å²) in [7, 11) is 1.33. The standard InChI is InChI=1S/C29H35N3O5/c1-29(2,3)37-19-31-22-8-5-9-23(18-22)35-15-16-36-26-13-12-24(32-27(26)28(33)34-4)21-11-10-20-7-6-14-30-25(20)17-21/h5,8-13,17-18,30-31H,6-7,14-16,19H2,1-4H3. The molecule has 0 saturated carbocycles. The lowest BCUT2D eigenvalue weighted by Gasteiger charge is -2.20. The molecule has 2 N–H and O–H groups in total. The fourth-order valence-corrected chi connectivity index (χ4v) is 3.93. The molecule has 4 rings (SSSR count). The summed E-state index contributed by atoms with van der Waals surface area (Å²) in [4.78, 5) is 17.0. The second-order valence-corrected chi connectivity index (χ2v) is 9.74. The predicted molar refractivity (Wildman–Crippen MR) is 145 cm³/mol. The molecule has 0 fully saturated rings. The van der Waals surface area contributed by atoms with E-state index in [1.165, 1.54) is 12.7 Å². The van der Waals surface area contributed by atoms with Gasteiger partial charge in [-0.15, -0.1) is 0 Å². The van der Waals surface area contributed by atoms with Crippen LogP contribution in [-0.2, 0) is 15.9 Å². The molecular weight excluding hydrogens is 470 g/mol. The molecule has 196 valence electrons. The molecule has 0 spiro atoms. The van der Waals surface area contributed by atoms with Crippen molar-refractivity contribution in [2.75, 3.05) is 44.2 Å². The fourth-order valence-electron chi connectivity index (χ4n) is 3.93. The Bertz CT molecular complexity index is 1220. The summed E-state index contributed by atoms with van der Waals surface area (Å²) in [5, 5.41) is 6.65. The van der Waals surface area contributed by atoms with Gasteiger partial charge in [0.2, 0.25) is 0 Å². The maximum Gasteiger partial charge on any atom is 0.360 e. The van der Waals surface area contributed by atoms with Gasteiger partial charge in [0.1, 0.15) is 25.7 Å². The van der Waals surface area contributed by atoms with Crippen LogP contribution in [0.15, 0.2) is 54.6 Å². The maximum absolute atomic E-state index is 12.5. The number of carbonyl (C=O) groups is 1. The molecule has 8 nitrogen and oxygen atoms in total. The van der Waals surface area contributed by atoms with Gasteiger partial charge in [0.25, 0.3) is 0 Å². The van der Waals surface area contributed by atoms with Gasteiger partial charge in [0, 0.05) is 29.5 Å². The van der Waals surface area contributed by atoms with Crippen LogP contribution in [0, 0.1) is 0 Å². The maximum atomic E-state index is 12.5. The molecular formula is C29H35N3O5. The van der Waals surface area contributed by atoms with Crippen LogP contribution in [0.1, 0.15) is 43.2 Å². The Balaban J connectivity index is 1.37. The van der Waals surface area contributed by atoms with Crippen LogP contribution in [-0.4, -0.2) is 50.2 Å². The number of nitrogens with zero attached hydrogens (tertiary/aromatic N) is 1. The third kappa shape index (κ3) is 7.36. The van der Waals surface area contributed by atoms with Crippen molar-refractivity contribution in [1.29, 1.82) is 0 Å². The number of aryl methyl sites for hydroxylation is 1. The summed E-state index contributed by atoms with van der Waals surface area (Å²) in [6.45, 7) is 7.91. The van der Waals surface area contributed by atoms with E-state index in [9.17, 15) is 4.79 Å². The Morgan fingerprint density at radius 2 is 1.89 bits per heavy atom. The van der Waals surface area contributed by atoms with E-state index in [4.69, 9.17) is 18.9 Å². The highest BCUT2D eigenvalue weighted by molar-refractivity contribution is 5.91. The van der Waals surface area contributed by atoms with Crippen molar-refractivity contribution in [1.82, 2.24) is 4.98 Å². The number of hydrogen-bond donors (Lipinski definition) is 2. The highest BCUT2D eigenvalue weighted by atomic mass is 16.5. The van der Waals surface area contributed by atoms with E-state index in [-0.39, 0.29) is 17.9 Å². The number of hydrogen-bond acceptors (Lipinski definition) is 8. The van der Waals surface area contributed by atoms with Crippen LogP contribution in [0.5, 0.6) is 11.5 Å². The zero-order valence-corrected chi connectivity index (χ0v) is 21.9.